The molecule has 0 bridgehead atoms. The molecule has 18 heavy (non-hydrogen) atoms. The molecule has 2 heterocycles. The third-order valence-electron chi connectivity index (χ3n) is 3.51. The molecule has 4 heteroatoms. The lowest BCUT2D eigenvalue weighted by atomic mass is 10.0. The van der Waals surface area contributed by atoms with Crippen LogP contribution in [0.5, 0.6) is 0 Å². The Morgan fingerprint density at radius 2 is 2.06 bits per heavy atom. The van der Waals surface area contributed by atoms with E-state index in [4.69, 9.17) is 0 Å². The monoisotopic (exact) mass is 243 g/mol. The number of carbonyl (C=O) groups is 1. The number of hydrogen-bond donors (Lipinski definition) is 3. The molecule has 0 spiro atoms. The Balaban J connectivity index is 1.81. The molecule has 4 nitrogen and oxygen atoms in total. The first-order chi connectivity index (χ1) is 8.84. The normalized spacial score (nSPS) is 16.9. The van der Waals surface area contributed by atoms with Crippen molar-refractivity contribution in [3.63, 3.8) is 0 Å². The van der Waals surface area contributed by atoms with Crippen LogP contribution in [0, 0.1) is 0 Å². The van der Waals surface area contributed by atoms with Crippen LogP contribution in [0.2, 0.25) is 0 Å². The highest BCUT2D eigenvalue weighted by atomic mass is 16.1. The summed E-state index contributed by atoms with van der Waals surface area (Å²) in [5.74, 6) is 0.0344. The van der Waals surface area contributed by atoms with E-state index < -0.39 is 0 Å². The number of rotatable bonds is 2. The summed E-state index contributed by atoms with van der Waals surface area (Å²) in [6.07, 6.45) is 3.88. The molecule has 1 aliphatic heterocycles. The second-order valence-electron chi connectivity index (χ2n) is 4.74. The molecule has 0 atom stereocenters. The summed E-state index contributed by atoms with van der Waals surface area (Å²) >= 11 is 0. The van der Waals surface area contributed by atoms with Crippen molar-refractivity contribution in [3.8, 4) is 0 Å². The lowest BCUT2D eigenvalue weighted by molar-refractivity contribution is 0.0931. The fraction of sp³-hybridized carbons (Fsp3) is 0.357. The molecular weight excluding hydrogens is 226 g/mol. The standard InChI is InChI=1S/C14H17N3O/c18-14(17-10-4-7-15-8-5-10)12-2-1-3-13-11(12)6-9-16-13/h1-3,6,9-10,15-16H,4-5,7-8H2,(H,17,18). The Kier molecular flexibility index (Phi) is 3.02. The molecule has 1 amide bonds. The minimum Gasteiger partial charge on any atom is -0.361 e. The third kappa shape index (κ3) is 2.11. The molecule has 2 aromatic rings. The van der Waals surface area contributed by atoms with Gasteiger partial charge in [0.05, 0.1) is 0 Å². The maximum atomic E-state index is 12.3. The minimum absolute atomic E-state index is 0.0344. The summed E-state index contributed by atoms with van der Waals surface area (Å²) in [6, 6.07) is 8.03. The molecule has 1 aromatic heterocycles. The first kappa shape index (κ1) is 11.3. The largest absolute Gasteiger partial charge is 0.361 e. The molecule has 1 saturated heterocycles. The van der Waals surface area contributed by atoms with Gasteiger partial charge < -0.3 is 15.6 Å². The van der Waals surface area contributed by atoms with Gasteiger partial charge in [0.15, 0.2) is 0 Å². The number of amides is 1. The number of carbonyl (C=O) groups excluding carboxylic acids is 1. The topological polar surface area (TPSA) is 56.9 Å². The highest BCUT2D eigenvalue weighted by Crippen LogP contribution is 2.17. The summed E-state index contributed by atoms with van der Waals surface area (Å²) < 4.78 is 0. The van der Waals surface area contributed by atoms with Gasteiger partial charge in [-0.25, -0.2) is 0 Å². The van der Waals surface area contributed by atoms with Gasteiger partial charge in [0.1, 0.15) is 0 Å². The van der Waals surface area contributed by atoms with Crippen molar-refractivity contribution in [2.24, 2.45) is 0 Å². The summed E-state index contributed by atoms with van der Waals surface area (Å²) in [7, 11) is 0. The van der Waals surface area contributed by atoms with E-state index in [0.29, 0.717) is 6.04 Å². The molecular formula is C14H17N3O. The van der Waals surface area contributed by atoms with Crippen molar-refractivity contribution in [2.75, 3.05) is 13.1 Å². The van der Waals surface area contributed by atoms with Gasteiger partial charge in [-0.15, -0.1) is 0 Å². The highest BCUT2D eigenvalue weighted by Gasteiger charge is 2.17. The van der Waals surface area contributed by atoms with Crippen LogP contribution < -0.4 is 10.6 Å². The summed E-state index contributed by atoms with van der Waals surface area (Å²) in [5, 5.41) is 7.41. The van der Waals surface area contributed by atoms with E-state index in [2.05, 4.69) is 15.6 Å². The molecule has 1 fully saturated rings. The maximum absolute atomic E-state index is 12.3. The summed E-state index contributed by atoms with van der Waals surface area (Å²) in [4.78, 5) is 15.4. The molecule has 94 valence electrons. The van der Waals surface area contributed by atoms with Crippen LogP contribution in [0.15, 0.2) is 30.5 Å². The van der Waals surface area contributed by atoms with Gasteiger partial charge >= 0.3 is 0 Å². The van der Waals surface area contributed by atoms with Gasteiger partial charge in [-0.05, 0) is 44.1 Å². The van der Waals surface area contributed by atoms with Crippen LogP contribution in [-0.2, 0) is 0 Å². The zero-order chi connectivity index (χ0) is 12.4. The van der Waals surface area contributed by atoms with Crippen molar-refractivity contribution in [1.29, 1.82) is 0 Å². The van der Waals surface area contributed by atoms with Crippen LogP contribution in [-0.4, -0.2) is 30.0 Å². The van der Waals surface area contributed by atoms with Gasteiger partial charge in [-0.2, -0.15) is 0 Å². The molecule has 1 aliphatic rings. The van der Waals surface area contributed by atoms with E-state index in [1.165, 1.54) is 0 Å². The summed E-state index contributed by atoms with van der Waals surface area (Å²) in [6.45, 7) is 1.97. The first-order valence-electron chi connectivity index (χ1n) is 6.42. The number of aromatic amines is 1. The Labute approximate surface area is 106 Å². The number of fused-ring (bicyclic) bond motifs is 1. The van der Waals surface area contributed by atoms with Gasteiger partial charge in [-0.1, -0.05) is 6.07 Å². The predicted molar refractivity (Wildman–Crippen MR) is 71.7 cm³/mol. The lowest BCUT2D eigenvalue weighted by Crippen LogP contribution is -2.42. The van der Waals surface area contributed by atoms with Crippen molar-refractivity contribution in [2.45, 2.75) is 18.9 Å². The van der Waals surface area contributed by atoms with Crippen molar-refractivity contribution in [3.05, 3.63) is 36.0 Å². The van der Waals surface area contributed by atoms with Crippen LogP contribution in [0.3, 0.4) is 0 Å². The zero-order valence-electron chi connectivity index (χ0n) is 10.2. The molecule has 0 saturated carbocycles. The van der Waals surface area contributed by atoms with Gasteiger partial charge in [-0.3, -0.25) is 4.79 Å². The van der Waals surface area contributed by atoms with Crippen molar-refractivity contribution in [1.82, 2.24) is 15.6 Å². The fourth-order valence-corrected chi connectivity index (χ4v) is 2.51. The molecule has 0 radical (unpaired) electrons. The Hall–Kier alpha value is -1.81. The second-order valence-corrected chi connectivity index (χ2v) is 4.74. The summed E-state index contributed by atoms with van der Waals surface area (Å²) in [5.41, 5.74) is 1.76. The first-order valence-corrected chi connectivity index (χ1v) is 6.42. The number of H-pyrrole nitrogens is 1. The predicted octanol–water partition coefficient (Wildman–Crippen LogP) is 1.65. The van der Waals surface area contributed by atoms with E-state index in [1.54, 1.807) is 0 Å². The van der Waals surface area contributed by atoms with E-state index >= 15 is 0 Å². The van der Waals surface area contributed by atoms with E-state index in [9.17, 15) is 4.79 Å². The maximum Gasteiger partial charge on any atom is 0.252 e. The van der Waals surface area contributed by atoms with Crippen molar-refractivity contribution >= 4 is 16.8 Å². The van der Waals surface area contributed by atoms with E-state index in [0.717, 1.165) is 42.4 Å². The SMILES string of the molecule is O=C(NC1CCNCC1)c1cccc2[nH]ccc12. The lowest BCUT2D eigenvalue weighted by Gasteiger charge is -2.23. The van der Waals surface area contributed by atoms with Gasteiger partial charge in [0.25, 0.3) is 5.91 Å². The minimum atomic E-state index is 0.0344. The third-order valence-corrected chi connectivity index (χ3v) is 3.51. The Bertz CT molecular complexity index is 555. The molecule has 1 aromatic carbocycles. The zero-order valence-corrected chi connectivity index (χ0v) is 10.2. The fourth-order valence-electron chi connectivity index (χ4n) is 2.51. The molecule has 3 N–H and O–H groups in total. The molecule has 0 unspecified atom stereocenters. The number of aromatic nitrogens is 1. The number of benzene rings is 1. The van der Waals surface area contributed by atoms with Gasteiger partial charge in [0.2, 0.25) is 0 Å². The molecule has 0 aliphatic carbocycles. The number of nitrogens with one attached hydrogen (secondary N) is 3. The number of piperidine rings is 1. The number of hydrogen-bond acceptors (Lipinski definition) is 2. The Morgan fingerprint density at radius 3 is 2.89 bits per heavy atom. The average Bonchev–Trinajstić information content (AvgIpc) is 2.87. The Morgan fingerprint density at radius 1 is 1.22 bits per heavy atom. The van der Waals surface area contributed by atoms with Crippen LogP contribution >= 0.6 is 0 Å². The molecule has 3 rings (SSSR count). The van der Waals surface area contributed by atoms with Crippen LogP contribution in [0.1, 0.15) is 23.2 Å². The smallest absolute Gasteiger partial charge is 0.252 e. The highest BCUT2D eigenvalue weighted by molar-refractivity contribution is 6.06. The van der Waals surface area contributed by atoms with Crippen LogP contribution in [0.4, 0.5) is 0 Å². The van der Waals surface area contributed by atoms with Crippen LogP contribution in [0.25, 0.3) is 10.9 Å². The quantitative estimate of drug-likeness (QED) is 0.751. The van der Waals surface area contributed by atoms with E-state index in [1.807, 2.05) is 30.5 Å². The van der Waals surface area contributed by atoms with E-state index in [-0.39, 0.29) is 5.91 Å². The average molecular weight is 243 g/mol. The second kappa shape index (κ2) is 4.82. The van der Waals surface area contributed by atoms with Crippen molar-refractivity contribution < 1.29 is 4.79 Å². The van der Waals surface area contributed by atoms with Gasteiger partial charge in [0, 0.05) is 28.7 Å².